The molecular formula is C15H32N2. The Hall–Kier alpha value is -0.0800. The van der Waals surface area contributed by atoms with Gasteiger partial charge in [0.2, 0.25) is 0 Å². The zero-order chi connectivity index (χ0) is 13.2. The van der Waals surface area contributed by atoms with E-state index in [0.717, 1.165) is 11.8 Å². The van der Waals surface area contributed by atoms with Gasteiger partial charge in [0.05, 0.1) is 0 Å². The molecule has 0 spiro atoms. The van der Waals surface area contributed by atoms with Gasteiger partial charge in [-0.3, -0.25) is 4.90 Å². The van der Waals surface area contributed by atoms with Crippen molar-refractivity contribution in [1.82, 2.24) is 10.2 Å². The number of hydrogen-bond donors (Lipinski definition) is 1. The monoisotopic (exact) mass is 240 g/mol. The van der Waals surface area contributed by atoms with Gasteiger partial charge in [0.25, 0.3) is 0 Å². The Morgan fingerprint density at radius 2 is 1.82 bits per heavy atom. The molecule has 1 aliphatic rings. The first kappa shape index (κ1) is 15.0. The molecule has 0 aliphatic heterocycles. The van der Waals surface area contributed by atoms with Crippen molar-refractivity contribution >= 4 is 0 Å². The van der Waals surface area contributed by atoms with Gasteiger partial charge in [-0.15, -0.1) is 0 Å². The van der Waals surface area contributed by atoms with E-state index in [-0.39, 0.29) is 0 Å². The standard InChI is InChI=1S/C15H32N2/c1-8-15(4,5)17(7)14-12(3)9-11(2)10-13(14)16-6/h11-14,16H,8-10H2,1-7H3. The van der Waals surface area contributed by atoms with Crippen LogP contribution < -0.4 is 5.32 Å². The number of hydrogen-bond acceptors (Lipinski definition) is 2. The predicted octanol–water partition coefficient (Wildman–Crippen LogP) is 3.13. The average molecular weight is 240 g/mol. The van der Waals surface area contributed by atoms with Crippen molar-refractivity contribution in [2.75, 3.05) is 14.1 Å². The van der Waals surface area contributed by atoms with Crippen LogP contribution in [-0.4, -0.2) is 36.6 Å². The number of nitrogens with zero attached hydrogens (tertiary/aromatic N) is 1. The maximum absolute atomic E-state index is 3.55. The van der Waals surface area contributed by atoms with Gasteiger partial charge in [0.1, 0.15) is 0 Å². The van der Waals surface area contributed by atoms with Gasteiger partial charge in [0, 0.05) is 17.6 Å². The highest BCUT2D eigenvalue weighted by molar-refractivity contribution is 4.96. The van der Waals surface area contributed by atoms with Crippen molar-refractivity contribution < 1.29 is 0 Å². The normalized spacial score (nSPS) is 35.3. The minimum Gasteiger partial charge on any atom is -0.315 e. The average Bonchev–Trinajstić information content (AvgIpc) is 2.27. The minimum atomic E-state index is 0.300. The van der Waals surface area contributed by atoms with E-state index in [9.17, 15) is 0 Å². The second kappa shape index (κ2) is 5.71. The molecular weight excluding hydrogens is 208 g/mol. The number of nitrogens with one attached hydrogen (secondary N) is 1. The Morgan fingerprint density at radius 1 is 1.24 bits per heavy atom. The quantitative estimate of drug-likeness (QED) is 0.812. The van der Waals surface area contributed by atoms with Crippen molar-refractivity contribution in [2.45, 2.75) is 71.5 Å². The van der Waals surface area contributed by atoms with Gasteiger partial charge in [0.15, 0.2) is 0 Å². The van der Waals surface area contributed by atoms with Crippen molar-refractivity contribution in [1.29, 1.82) is 0 Å². The van der Waals surface area contributed by atoms with Crippen LogP contribution in [0.3, 0.4) is 0 Å². The molecule has 0 saturated heterocycles. The zero-order valence-electron chi connectivity index (χ0n) is 12.9. The molecule has 0 amide bonds. The van der Waals surface area contributed by atoms with Crippen LogP contribution in [0.1, 0.15) is 53.9 Å². The largest absolute Gasteiger partial charge is 0.315 e. The van der Waals surface area contributed by atoms with Crippen molar-refractivity contribution in [3.63, 3.8) is 0 Å². The van der Waals surface area contributed by atoms with Crippen molar-refractivity contribution in [3.05, 3.63) is 0 Å². The third kappa shape index (κ3) is 3.23. The fourth-order valence-electron chi connectivity index (χ4n) is 3.43. The van der Waals surface area contributed by atoms with Gasteiger partial charge >= 0.3 is 0 Å². The second-order valence-corrected chi connectivity index (χ2v) is 6.72. The summed E-state index contributed by atoms with van der Waals surface area (Å²) in [7, 11) is 4.43. The first-order valence-corrected chi connectivity index (χ1v) is 7.23. The molecule has 4 atom stereocenters. The van der Waals surface area contributed by atoms with Gasteiger partial charge < -0.3 is 5.32 Å². The lowest BCUT2D eigenvalue weighted by Gasteiger charge is -2.50. The molecule has 17 heavy (non-hydrogen) atoms. The Kier molecular flexibility index (Phi) is 5.03. The van der Waals surface area contributed by atoms with E-state index in [1.54, 1.807) is 0 Å². The summed E-state index contributed by atoms with van der Waals surface area (Å²) >= 11 is 0. The molecule has 0 heterocycles. The van der Waals surface area contributed by atoms with Crippen LogP contribution in [0.15, 0.2) is 0 Å². The minimum absolute atomic E-state index is 0.300. The van der Waals surface area contributed by atoms with Gasteiger partial charge in [-0.2, -0.15) is 0 Å². The third-order valence-electron chi connectivity index (χ3n) is 5.06. The molecule has 0 bridgehead atoms. The summed E-state index contributed by atoms with van der Waals surface area (Å²) in [6.45, 7) is 11.8. The van der Waals surface area contributed by atoms with Crippen LogP contribution >= 0.6 is 0 Å². The molecule has 4 unspecified atom stereocenters. The summed E-state index contributed by atoms with van der Waals surface area (Å²) in [4.78, 5) is 2.62. The highest BCUT2D eigenvalue weighted by atomic mass is 15.2. The summed E-state index contributed by atoms with van der Waals surface area (Å²) in [6, 6.07) is 1.32. The fraction of sp³-hybridized carbons (Fsp3) is 1.00. The summed E-state index contributed by atoms with van der Waals surface area (Å²) in [5, 5.41) is 3.55. The lowest BCUT2D eigenvalue weighted by atomic mass is 9.74. The van der Waals surface area contributed by atoms with Crippen LogP contribution in [0, 0.1) is 11.8 Å². The van der Waals surface area contributed by atoms with E-state index < -0.39 is 0 Å². The summed E-state index contributed by atoms with van der Waals surface area (Å²) in [5.41, 5.74) is 0.300. The Morgan fingerprint density at radius 3 is 2.29 bits per heavy atom. The predicted molar refractivity (Wildman–Crippen MR) is 76.3 cm³/mol. The van der Waals surface area contributed by atoms with E-state index in [2.05, 4.69) is 58.9 Å². The van der Waals surface area contributed by atoms with E-state index in [1.165, 1.54) is 19.3 Å². The molecule has 2 heteroatoms. The SMILES string of the molecule is CCC(C)(C)N(C)C1C(C)CC(C)CC1NC. The maximum atomic E-state index is 3.55. The molecule has 1 saturated carbocycles. The smallest absolute Gasteiger partial charge is 0.0277 e. The molecule has 1 fully saturated rings. The maximum Gasteiger partial charge on any atom is 0.0277 e. The topological polar surface area (TPSA) is 15.3 Å². The number of rotatable bonds is 4. The van der Waals surface area contributed by atoms with Crippen molar-refractivity contribution in [3.8, 4) is 0 Å². The van der Waals surface area contributed by atoms with Gasteiger partial charge in [-0.1, -0.05) is 20.8 Å². The summed E-state index contributed by atoms with van der Waals surface area (Å²) in [5.74, 6) is 1.64. The lowest BCUT2D eigenvalue weighted by molar-refractivity contribution is 0.0146. The van der Waals surface area contributed by atoms with Gasteiger partial charge in [-0.25, -0.2) is 0 Å². The first-order chi connectivity index (χ1) is 7.83. The Bertz CT molecular complexity index is 237. The molecule has 0 aromatic heterocycles. The van der Waals surface area contributed by atoms with E-state index in [0.29, 0.717) is 17.6 Å². The van der Waals surface area contributed by atoms with Crippen molar-refractivity contribution in [2.24, 2.45) is 11.8 Å². The fourth-order valence-corrected chi connectivity index (χ4v) is 3.43. The third-order valence-corrected chi connectivity index (χ3v) is 5.06. The second-order valence-electron chi connectivity index (χ2n) is 6.72. The molecule has 1 aliphatic carbocycles. The lowest BCUT2D eigenvalue weighted by Crippen LogP contribution is -2.60. The van der Waals surface area contributed by atoms with Crippen LogP contribution in [0.5, 0.6) is 0 Å². The first-order valence-electron chi connectivity index (χ1n) is 7.23. The van der Waals surface area contributed by atoms with Crippen LogP contribution in [0.2, 0.25) is 0 Å². The van der Waals surface area contributed by atoms with E-state index in [4.69, 9.17) is 0 Å². The highest BCUT2D eigenvalue weighted by Gasteiger charge is 2.39. The highest BCUT2D eigenvalue weighted by Crippen LogP contribution is 2.35. The summed E-state index contributed by atoms with van der Waals surface area (Å²) < 4.78 is 0. The zero-order valence-corrected chi connectivity index (χ0v) is 12.9. The van der Waals surface area contributed by atoms with Crippen LogP contribution in [0.4, 0.5) is 0 Å². The number of likely N-dealkylation sites (N-methyl/N-ethyl adjacent to an activating group) is 2. The van der Waals surface area contributed by atoms with E-state index in [1.807, 2.05) is 0 Å². The molecule has 1 rings (SSSR count). The molecule has 2 nitrogen and oxygen atoms in total. The molecule has 0 aromatic rings. The molecule has 102 valence electrons. The van der Waals surface area contributed by atoms with E-state index >= 15 is 0 Å². The Balaban J connectivity index is 2.85. The molecule has 0 aromatic carbocycles. The summed E-state index contributed by atoms with van der Waals surface area (Å²) in [6.07, 6.45) is 3.89. The molecule has 1 N–H and O–H groups in total. The Labute approximate surface area is 108 Å². The van der Waals surface area contributed by atoms with Crippen LogP contribution in [-0.2, 0) is 0 Å². The van der Waals surface area contributed by atoms with Gasteiger partial charge in [-0.05, 0) is 59.0 Å². The van der Waals surface area contributed by atoms with Crippen LogP contribution in [0.25, 0.3) is 0 Å². The molecule has 0 radical (unpaired) electrons.